The summed E-state index contributed by atoms with van der Waals surface area (Å²) in [6, 6.07) is 18.9. The number of carbonyl (C=O) groups is 1. The van der Waals surface area contributed by atoms with Gasteiger partial charge < -0.3 is 23.7 Å². The second-order valence-corrected chi connectivity index (χ2v) is 7.29. The van der Waals surface area contributed by atoms with E-state index in [1.54, 1.807) is 44.6 Å². The number of aldehydes is 1. The highest BCUT2D eigenvalue weighted by Crippen LogP contribution is 2.41. The van der Waals surface area contributed by atoms with E-state index in [0.29, 0.717) is 51.7 Å². The molecule has 168 valence electrons. The first-order valence-corrected chi connectivity index (χ1v) is 10.4. The summed E-state index contributed by atoms with van der Waals surface area (Å²) in [6.07, 6.45) is 4.14. The second-order valence-electron chi connectivity index (χ2n) is 7.29. The molecule has 4 aromatic rings. The fraction of sp³-hybridized carbons (Fsp3) is 0.148. The summed E-state index contributed by atoms with van der Waals surface area (Å²) in [5.41, 5.74) is 3.38. The highest BCUT2D eigenvalue weighted by molar-refractivity contribution is 6.05. The summed E-state index contributed by atoms with van der Waals surface area (Å²) >= 11 is 0. The molecule has 0 aliphatic rings. The molecule has 6 heteroatoms. The van der Waals surface area contributed by atoms with Crippen molar-refractivity contribution in [3.8, 4) is 28.6 Å². The van der Waals surface area contributed by atoms with Gasteiger partial charge in [-0.2, -0.15) is 0 Å². The Morgan fingerprint density at radius 2 is 1.73 bits per heavy atom. The van der Waals surface area contributed by atoms with Crippen LogP contribution >= 0.6 is 0 Å². The number of hydrogen-bond acceptors (Lipinski definition) is 6. The largest absolute Gasteiger partial charge is 0.493 e. The van der Waals surface area contributed by atoms with Gasteiger partial charge in [0.1, 0.15) is 12.4 Å². The molecule has 0 saturated carbocycles. The molecule has 0 aliphatic carbocycles. The molecule has 0 saturated heterocycles. The number of rotatable bonds is 9. The normalized spacial score (nSPS) is 11.1. The lowest BCUT2D eigenvalue weighted by atomic mass is 10.0. The third-order valence-electron chi connectivity index (χ3n) is 5.23. The van der Waals surface area contributed by atoms with E-state index in [1.807, 2.05) is 42.5 Å². The first kappa shape index (κ1) is 22.2. The topological polar surface area (TPSA) is 78.1 Å². The number of aliphatic hydroxyl groups is 1. The van der Waals surface area contributed by atoms with E-state index < -0.39 is 0 Å². The zero-order valence-electron chi connectivity index (χ0n) is 18.4. The van der Waals surface area contributed by atoms with Crippen molar-refractivity contribution in [2.45, 2.75) is 6.61 Å². The lowest BCUT2D eigenvalue weighted by molar-refractivity contribution is 0.112. The fourth-order valence-corrected chi connectivity index (χ4v) is 3.64. The van der Waals surface area contributed by atoms with Gasteiger partial charge in [0.15, 0.2) is 29.1 Å². The molecule has 0 fully saturated rings. The summed E-state index contributed by atoms with van der Waals surface area (Å²) in [6.45, 7) is 0.318. The van der Waals surface area contributed by atoms with Gasteiger partial charge in [0.05, 0.1) is 26.4 Å². The third kappa shape index (κ3) is 4.61. The molecule has 1 aromatic heterocycles. The van der Waals surface area contributed by atoms with E-state index in [2.05, 4.69) is 0 Å². The van der Waals surface area contributed by atoms with Crippen LogP contribution in [-0.2, 0) is 6.61 Å². The molecule has 4 rings (SSSR count). The van der Waals surface area contributed by atoms with Crippen molar-refractivity contribution < 1.29 is 28.5 Å². The number of benzene rings is 3. The van der Waals surface area contributed by atoms with Gasteiger partial charge >= 0.3 is 0 Å². The van der Waals surface area contributed by atoms with Crippen molar-refractivity contribution in [3.63, 3.8) is 0 Å². The Morgan fingerprint density at radius 3 is 2.42 bits per heavy atom. The van der Waals surface area contributed by atoms with Gasteiger partial charge in [0, 0.05) is 10.9 Å². The van der Waals surface area contributed by atoms with Crippen molar-refractivity contribution in [1.82, 2.24) is 0 Å². The number of furan rings is 1. The van der Waals surface area contributed by atoms with Gasteiger partial charge in [0.25, 0.3) is 0 Å². The van der Waals surface area contributed by atoms with Crippen LogP contribution in [0.4, 0.5) is 0 Å². The van der Waals surface area contributed by atoms with E-state index in [4.69, 9.17) is 23.7 Å². The highest BCUT2D eigenvalue weighted by Gasteiger charge is 2.20. The van der Waals surface area contributed by atoms with E-state index in [0.717, 1.165) is 17.4 Å². The van der Waals surface area contributed by atoms with E-state index in [9.17, 15) is 4.79 Å². The Labute approximate surface area is 191 Å². The van der Waals surface area contributed by atoms with Gasteiger partial charge in [-0.15, -0.1) is 0 Å². The van der Waals surface area contributed by atoms with Crippen LogP contribution in [0, 0.1) is 0 Å². The summed E-state index contributed by atoms with van der Waals surface area (Å²) < 4.78 is 23.1. The minimum absolute atomic E-state index is 0.0873. The van der Waals surface area contributed by atoms with Crippen LogP contribution in [0.1, 0.15) is 21.5 Å². The number of carbonyl (C=O) groups excluding carboxylic acids is 1. The average Bonchev–Trinajstić information content (AvgIpc) is 3.24. The summed E-state index contributed by atoms with van der Waals surface area (Å²) in [7, 11) is 3.11. The summed E-state index contributed by atoms with van der Waals surface area (Å²) in [5, 5.41) is 9.71. The molecule has 0 amide bonds. The Morgan fingerprint density at radius 1 is 0.939 bits per heavy atom. The maximum absolute atomic E-state index is 12.1. The van der Waals surface area contributed by atoms with Crippen LogP contribution in [0.2, 0.25) is 0 Å². The van der Waals surface area contributed by atoms with Gasteiger partial charge in [-0.1, -0.05) is 42.5 Å². The van der Waals surface area contributed by atoms with E-state index in [1.165, 1.54) is 0 Å². The number of hydrogen-bond donors (Lipinski definition) is 1. The Bertz CT molecular complexity index is 1290. The Hall–Kier alpha value is -4.03. The molecule has 0 spiro atoms. The maximum atomic E-state index is 12.1. The predicted molar refractivity (Wildman–Crippen MR) is 127 cm³/mol. The third-order valence-corrected chi connectivity index (χ3v) is 5.23. The Kier molecular flexibility index (Phi) is 6.76. The number of ether oxygens (including phenoxy) is 3. The zero-order valence-corrected chi connectivity index (χ0v) is 18.4. The number of fused-ring (bicyclic) bond motifs is 1. The van der Waals surface area contributed by atoms with Crippen molar-refractivity contribution >= 4 is 23.3 Å². The minimum atomic E-state index is -0.0873. The van der Waals surface area contributed by atoms with Gasteiger partial charge in [-0.25, -0.2) is 0 Å². The van der Waals surface area contributed by atoms with Crippen LogP contribution in [0.5, 0.6) is 17.2 Å². The van der Waals surface area contributed by atoms with Crippen molar-refractivity contribution in [2.75, 3.05) is 20.8 Å². The average molecular weight is 444 g/mol. The highest BCUT2D eigenvalue weighted by atomic mass is 16.5. The maximum Gasteiger partial charge on any atom is 0.177 e. The summed E-state index contributed by atoms with van der Waals surface area (Å²) in [5.74, 6) is 2.02. The van der Waals surface area contributed by atoms with Crippen LogP contribution in [0.3, 0.4) is 0 Å². The molecule has 1 heterocycles. The molecule has 3 aromatic carbocycles. The standard InChI is InChI=1S/C27H24O6/c1-30-24-15-20(10-11-23(24)32-17-18-7-4-3-5-8-18)26-22(16-29)21-13-19(9-6-12-28)14-25(31-2)27(21)33-26/h3-11,13-16,28H,12,17H2,1-2H3/b9-6+. The molecule has 0 unspecified atom stereocenters. The van der Waals surface area contributed by atoms with Crippen molar-refractivity contribution in [3.05, 3.63) is 83.4 Å². The first-order chi connectivity index (χ1) is 16.2. The molecule has 0 bridgehead atoms. The Balaban J connectivity index is 1.74. The fourth-order valence-electron chi connectivity index (χ4n) is 3.64. The van der Waals surface area contributed by atoms with Crippen LogP contribution < -0.4 is 14.2 Å². The second kappa shape index (κ2) is 10.1. The van der Waals surface area contributed by atoms with E-state index >= 15 is 0 Å². The smallest absolute Gasteiger partial charge is 0.177 e. The van der Waals surface area contributed by atoms with Gasteiger partial charge in [0.2, 0.25) is 0 Å². The molecular formula is C27H24O6. The van der Waals surface area contributed by atoms with Crippen LogP contribution in [-0.4, -0.2) is 32.2 Å². The molecule has 0 radical (unpaired) electrons. The molecule has 0 atom stereocenters. The SMILES string of the molecule is COc1cc(-c2oc3c(OC)cc(/C=C/CO)cc3c2C=O)ccc1OCc1ccccc1. The van der Waals surface area contributed by atoms with Crippen molar-refractivity contribution in [1.29, 1.82) is 0 Å². The quantitative estimate of drug-likeness (QED) is 0.343. The summed E-state index contributed by atoms with van der Waals surface area (Å²) in [4.78, 5) is 12.1. The number of aliphatic hydroxyl groups excluding tert-OH is 1. The molecule has 33 heavy (non-hydrogen) atoms. The number of methoxy groups -OCH3 is 2. The molecular weight excluding hydrogens is 420 g/mol. The van der Waals surface area contributed by atoms with Gasteiger partial charge in [-0.05, 0) is 41.5 Å². The molecule has 6 nitrogen and oxygen atoms in total. The lowest BCUT2D eigenvalue weighted by Gasteiger charge is -2.12. The van der Waals surface area contributed by atoms with Crippen LogP contribution in [0.25, 0.3) is 28.4 Å². The first-order valence-electron chi connectivity index (χ1n) is 10.4. The lowest BCUT2D eigenvalue weighted by Crippen LogP contribution is -1.97. The van der Waals surface area contributed by atoms with Crippen LogP contribution in [0.15, 0.2) is 71.2 Å². The monoisotopic (exact) mass is 444 g/mol. The zero-order chi connectivity index (χ0) is 23.2. The van der Waals surface area contributed by atoms with Gasteiger partial charge in [-0.3, -0.25) is 4.79 Å². The molecule has 0 aliphatic heterocycles. The van der Waals surface area contributed by atoms with E-state index in [-0.39, 0.29) is 6.61 Å². The molecule has 1 N–H and O–H groups in total. The minimum Gasteiger partial charge on any atom is -0.493 e. The van der Waals surface area contributed by atoms with Crippen molar-refractivity contribution in [2.24, 2.45) is 0 Å². The predicted octanol–water partition coefficient (Wildman–Crippen LogP) is 5.51.